The summed E-state index contributed by atoms with van der Waals surface area (Å²) < 4.78 is 0. The maximum absolute atomic E-state index is 9.93. The summed E-state index contributed by atoms with van der Waals surface area (Å²) in [5.74, 6) is 0. The molecule has 0 saturated carbocycles. The van der Waals surface area contributed by atoms with Crippen LogP contribution in [0.25, 0.3) is 0 Å². The van der Waals surface area contributed by atoms with E-state index in [2.05, 4.69) is 43.7 Å². The van der Waals surface area contributed by atoms with Crippen LogP contribution in [0, 0.1) is 10.8 Å². The largest absolute Gasteiger partial charge is 0.377 e. The molecule has 2 fully saturated rings. The van der Waals surface area contributed by atoms with E-state index in [1.165, 1.54) is 43.7 Å². The Bertz CT molecular complexity index is 408. The highest BCUT2D eigenvalue weighted by Crippen LogP contribution is 2.34. The fourth-order valence-corrected chi connectivity index (χ4v) is 4.26. The predicted octanol–water partition coefficient (Wildman–Crippen LogP) is 4.84. The van der Waals surface area contributed by atoms with E-state index in [-0.39, 0.29) is 5.41 Å². The zero-order chi connectivity index (χ0) is 16.8. The van der Waals surface area contributed by atoms with Gasteiger partial charge in [0.2, 0.25) is 0 Å². The van der Waals surface area contributed by atoms with Crippen molar-refractivity contribution < 1.29 is 5.21 Å². The Kier molecular flexibility index (Phi) is 6.72. The second-order valence-corrected chi connectivity index (χ2v) is 8.48. The van der Waals surface area contributed by atoms with Crippen LogP contribution in [-0.2, 0) is 0 Å². The maximum atomic E-state index is 9.93. The normalized spacial score (nSPS) is 34.3. The van der Waals surface area contributed by atoms with E-state index in [0.29, 0.717) is 5.41 Å². The molecule has 1 N–H and O–H groups in total. The SMILES string of the molecule is C=CC[C@]1(C)CCCCN(/C=C/C[C@]2(C)CCCCN(O)C2)C1. The Morgan fingerprint density at radius 1 is 0.957 bits per heavy atom. The molecule has 132 valence electrons. The van der Waals surface area contributed by atoms with Crippen LogP contribution >= 0.6 is 0 Å². The van der Waals surface area contributed by atoms with E-state index in [1.807, 2.05) is 0 Å². The molecule has 2 aliphatic heterocycles. The van der Waals surface area contributed by atoms with Gasteiger partial charge in [-0.3, -0.25) is 0 Å². The van der Waals surface area contributed by atoms with Crippen LogP contribution in [0.1, 0.15) is 65.2 Å². The van der Waals surface area contributed by atoms with Gasteiger partial charge in [-0.15, -0.1) is 6.58 Å². The predicted molar refractivity (Wildman–Crippen MR) is 97.4 cm³/mol. The Hall–Kier alpha value is -0.800. The first-order valence-electron chi connectivity index (χ1n) is 9.40. The minimum absolute atomic E-state index is 0.206. The van der Waals surface area contributed by atoms with Gasteiger partial charge in [-0.1, -0.05) is 38.8 Å². The topological polar surface area (TPSA) is 26.7 Å². The summed E-state index contributed by atoms with van der Waals surface area (Å²) in [5.41, 5.74) is 0.578. The van der Waals surface area contributed by atoms with Crippen LogP contribution in [-0.4, -0.2) is 41.3 Å². The van der Waals surface area contributed by atoms with Crippen molar-refractivity contribution >= 4 is 0 Å². The van der Waals surface area contributed by atoms with Crippen molar-refractivity contribution in [1.82, 2.24) is 9.96 Å². The number of rotatable bonds is 5. The molecule has 0 unspecified atom stereocenters. The van der Waals surface area contributed by atoms with Gasteiger partial charge >= 0.3 is 0 Å². The zero-order valence-corrected chi connectivity index (χ0v) is 15.3. The lowest BCUT2D eigenvalue weighted by Crippen LogP contribution is -2.32. The number of nitrogens with zero attached hydrogens (tertiary/aromatic N) is 2. The van der Waals surface area contributed by atoms with E-state index in [4.69, 9.17) is 0 Å². The molecule has 0 spiro atoms. The van der Waals surface area contributed by atoms with Crippen LogP contribution in [0.3, 0.4) is 0 Å². The van der Waals surface area contributed by atoms with Gasteiger partial charge in [-0.05, 0) is 55.6 Å². The maximum Gasteiger partial charge on any atom is 0.0295 e. The molecule has 0 radical (unpaired) electrons. The third-order valence-corrected chi connectivity index (χ3v) is 5.64. The molecule has 0 amide bonds. The molecule has 0 aromatic heterocycles. The lowest BCUT2D eigenvalue weighted by Gasteiger charge is -2.32. The number of likely N-dealkylation sites (tertiary alicyclic amines) is 1. The van der Waals surface area contributed by atoms with Crippen molar-refractivity contribution in [3.8, 4) is 0 Å². The van der Waals surface area contributed by atoms with Gasteiger partial charge in [-0.2, -0.15) is 5.06 Å². The quantitative estimate of drug-likeness (QED) is 0.734. The molecule has 0 bridgehead atoms. The Morgan fingerprint density at radius 2 is 1.61 bits per heavy atom. The van der Waals surface area contributed by atoms with Gasteiger partial charge in [0, 0.05) is 26.2 Å². The van der Waals surface area contributed by atoms with E-state index in [9.17, 15) is 5.21 Å². The highest BCUT2D eigenvalue weighted by atomic mass is 16.5. The second-order valence-electron chi connectivity index (χ2n) is 8.48. The lowest BCUT2D eigenvalue weighted by molar-refractivity contribution is -0.108. The smallest absolute Gasteiger partial charge is 0.0295 e. The van der Waals surface area contributed by atoms with Gasteiger partial charge < -0.3 is 10.1 Å². The van der Waals surface area contributed by atoms with Gasteiger partial charge in [0.15, 0.2) is 0 Å². The molecule has 2 aliphatic rings. The highest BCUT2D eigenvalue weighted by molar-refractivity contribution is 4.95. The molecule has 2 rings (SSSR count). The number of hydroxylamine groups is 2. The monoisotopic (exact) mass is 320 g/mol. The average Bonchev–Trinajstić information content (AvgIpc) is 2.75. The fraction of sp³-hybridized carbons (Fsp3) is 0.800. The minimum Gasteiger partial charge on any atom is -0.377 e. The van der Waals surface area contributed by atoms with E-state index < -0.39 is 0 Å². The number of hydrogen-bond donors (Lipinski definition) is 1. The van der Waals surface area contributed by atoms with Crippen molar-refractivity contribution in [3.05, 3.63) is 24.9 Å². The summed E-state index contributed by atoms with van der Waals surface area (Å²) in [6.07, 6.45) is 16.4. The van der Waals surface area contributed by atoms with Crippen molar-refractivity contribution in [2.24, 2.45) is 10.8 Å². The Labute approximate surface area is 143 Å². The minimum atomic E-state index is 0.206. The number of allylic oxidation sites excluding steroid dienone is 2. The molecular weight excluding hydrogens is 284 g/mol. The molecule has 0 aromatic rings. The molecule has 0 aliphatic carbocycles. The van der Waals surface area contributed by atoms with Gasteiger partial charge in [0.25, 0.3) is 0 Å². The summed E-state index contributed by atoms with van der Waals surface area (Å²) in [4.78, 5) is 2.51. The third kappa shape index (κ3) is 5.96. The van der Waals surface area contributed by atoms with E-state index in [0.717, 1.165) is 38.9 Å². The fourth-order valence-electron chi connectivity index (χ4n) is 4.26. The first-order chi connectivity index (χ1) is 10.9. The zero-order valence-electron chi connectivity index (χ0n) is 15.3. The molecule has 0 aromatic carbocycles. The van der Waals surface area contributed by atoms with Crippen molar-refractivity contribution in [2.45, 2.75) is 65.2 Å². The van der Waals surface area contributed by atoms with Crippen LogP contribution in [0.5, 0.6) is 0 Å². The molecule has 2 atom stereocenters. The van der Waals surface area contributed by atoms with Crippen LogP contribution < -0.4 is 0 Å². The molecule has 3 nitrogen and oxygen atoms in total. The summed E-state index contributed by atoms with van der Waals surface area (Å²) in [6.45, 7) is 12.6. The molecule has 2 saturated heterocycles. The summed E-state index contributed by atoms with van der Waals surface area (Å²) in [6, 6.07) is 0. The van der Waals surface area contributed by atoms with Crippen LogP contribution in [0.15, 0.2) is 24.9 Å². The van der Waals surface area contributed by atoms with Crippen LogP contribution in [0.4, 0.5) is 0 Å². The van der Waals surface area contributed by atoms with Crippen molar-refractivity contribution in [2.75, 3.05) is 26.2 Å². The molecule has 3 heteroatoms. The molecule has 2 heterocycles. The summed E-state index contributed by atoms with van der Waals surface area (Å²) in [5, 5.41) is 11.4. The van der Waals surface area contributed by atoms with Gasteiger partial charge in [0.1, 0.15) is 0 Å². The van der Waals surface area contributed by atoms with Gasteiger partial charge in [-0.25, -0.2) is 0 Å². The third-order valence-electron chi connectivity index (χ3n) is 5.64. The second kappa shape index (κ2) is 8.34. The van der Waals surface area contributed by atoms with Crippen molar-refractivity contribution in [3.63, 3.8) is 0 Å². The standard InChI is InChI=1S/C20H36N2O/c1-4-10-19(2)11-5-7-14-21(17-19)15-9-13-20(3)12-6-8-16-22(23)18-20/h4,9,15,23H,1,5-8,10-14,16-18H2,2-3H3/b15-9+/t19-,20+/m1/s1. The Balaban J connectivity index is 1.91. The number of hydrogen-bond acceptors (Lipinski definition) is 3. The highest BCUT2D eigenvalue weighted by Gasteiger charge is 2.29. The summed E-state index contributed by atoms with van der Waals surface area (Å²) >= 11 is 0. The summed E-state index contributed by atoms with van der Waals surface area (Å²) in [7, 11) is 0. The lowest BCUT2D eigenvalue weighted by atomic mass is 9.82. The average molecular weight is 321 g/mol. The van der Waals surface area contributed by atoms with Crippen LogP contribution in [0.2, 0.25) is 0 Å². The van der Waals surface area contributed by atoms with E-state index >= 15 is 0 Å². The first kappa shape index (κ1) is 18.5. The molecular formula is C20H36N2O. The van der Waals surface area contributed by atoms with Gasteiger partial charge in [0.05, 0.1) is 0 Å². The Morgan fingerprint density at radius 3 is 2.30 bits per heavy atom. The first-order valence-corrected chi connectivity index (χ1v) is 9.40. The molecule has 23 heavy (non-hydrogen) atoms. The van der Waals surface area contributed by atoms with E-state index in [1.54, 1.807) is 0 Å². The van der Waals surface area contributed by atoms with Crippen molar-refractivity contribution in [1.29, 1.82) is 0 Å².